The Hall–Kier alpha value is -2.89. The number of allylic oxidation sites excluding steroid dienone is 4. The van der Waals surface area contributed by atoms with Crippen LogP contribution in [0.4, 0.5) is 0 Å². The number of hydrogen-bond acceptors (Lipinski definition) is 0. The SMILES string of the molecule is CC(C)C1=C(C(C)C)C(C(C)C)[C]([Zr](=[C](c2ccccc2)c2ccccc2)[CH]2c3ccccc3-c3ccccc32)=C1C(C)C. The van der Waals surface area contributed by atoms with Crippen LogP contribution in [0.5, 0.6) is 0 Å². The van der Waals surface area contributed by atoms with E-state index in [2.05, 4.69) is 165 Å². The van der Waals surface area contributed by atoms with Crippen LogP contribution in [-0.2, 0) is 21.3 Å². The minimum atomic E-state index is -2.93. The molecule has 4 aromatic rings. The van der Waals surface area contributed by atoms with Crippen molar-refractivity contribution in [2.75, 3.05) is 0 Å². The Morgan fingerprint density at radius 2 is 0.932 bits per heavy atom. The van der Waals surface area contributed by atoms with Gasteiger partial charge in [0.05, 0.1) is 0 Å². The van der Waals surface area contributed by atoms with E-state index in [0.717, 1.165) is 0 Å². The Morgan fingerprint density at radius 3 is 1.34 bits per heavy atom. The maximum absolute atomic E-state index is 2.93. The van der Waals surface area contributed by atoms with Crippen LogP contribution in [0.25, 0.3) is 11.1 Å². The fourth-order valence-electron chi connectivity index (χ4n) is 8.32. The summed E-state index contributed by atoms with van der Waals surface area (Å²) in [6, 6.07) is 41.6. The molecule has 0 saturated heterocycles. The molecular formula is C43H48Zr. The van der Waals surface area contributed by atoms with E-state index in [0.29, 0.717) is 33.2 Å². The van der Waals surface area contributed by atoms with Gasteiger partial charge in [-0.2, -0.15) is 0 Å². The second-order valence-electron chi connectivity index (χ2n) is 14.0. The van der Waals surface area contributed by atoms with Gasteiger partial charge >= 0.3 is 276 Å². The molecule has 0 aromatic heterocycles. The standard InChI is InChI=1S/C17H29.C13H9.C13H10.Zr/c1-10(2)14-9-15(11(3)4)17(13(7)8)16(14)12(5)6;1-3-7-12-10(5-1)9-11-6-2-4-8-13(11)12;1-3-7-12(8-4-1)11-13-9-5-2-6-10-13;/h10-14H,1-8H3;1-9H;1-10H;. The van der Waals surface area contributed by atoms with E-state index in [1.54, 1.807) is 31.1 Å². The summed E-state index contributed by atoms with van der Waals surface area (Å²) in [5, 5.41) is 0. The van der Waals surface area contributed by atoms with Gasteiger partial charge in [0.2, 0.25) is 0 Å². The number of fused-ring (bicyclic) bond motifs is 3. The van der Waals surface area contributed by atoms with E-state index in [4.69, 9.17) is 0 Å². The van der Waals surface area contributed by atoms with E-state index in [-0.39, 0.29) is 0 Å². The van der Waals surface area contributed by atoms with E-state index >= 15 is 0 Å². The molecule has 44 heavy (non-hydrogen) atoms. The molecule has 2 aliphatic rings. The van der Waals surface area contributed by atoms with Crippen LogP contribution < -0.4 is 0 Å². The summed E-state index contributed by atoms with van der Waals surface area (Å²) >= 11 is -2.93. The molecule has 0 heterocycles. The molecule has 0 fully saturated rings. The van der Waals surface area contributed by atoms with Gasteiger partial charge in [-0.3, -0.25) is 0 Å². The van der Waals surface area contributed by atoms with Crippen LogP contribution in [0.3, 0.4) is 0 Å². The van der Waals surface area contributed by atoms with Gasteiger partial charge in [0.1, 0.15) is 0 Å². The predicted octanol–water partition coefficient (Wildman–Crippen LogP) is 11.4. The van der Waals surface area contributed by atoms with Crippen molar-refractivity contribution in [3.05, 3.63) is 151 Å². The van der Waals surface area contributed by atoms with Crippen molar-refractivity contribution in [2.24, 2.45) is 29.6 Å². The number of rotatable bonds is 8. The summed E-state index contributed by atoms with van der Waals surface area (Å²) in [5.74, 6) is 2.54. The first kappa shape index (κ1) is 31.1. The van der Waals surface area contributed by atoms with Gasteiger partial charge in [0.15, 0.2) is 0 Å². The molecular weight excluding hydrogens is 608 g/mol. The van der Waals surface area contributed by atoms with Crippen LogP contribution in [0, 0.1) is 29.6 Å². The monoisotopic (exact) mass is 654 g/mol. The van der Waals surface area contributed by atoms with E-state index in [1.165, 1.54) is 22.3 Å². The third-order valence-electron chi connectivity index (χ3n) is 9.79. The van der Waals surface area contributed by atoms with Crippen LogP contribution in [0.1, 0.15) is 81.3 Å². The Bertz CT molecular complexity index is 1660. The Labute approximate surface area is 274 Å². The summed E-state index contributed by atoms with van der Waals surface area (Å²) < 4.78 is 3.94. The van der Waals surface area contributed by atoms with Gasteiger partial charge in [-0.1, -0.05) is 0 Å². The topological polar surface area (TPSA) is 0 Å². The molecule has 1 unspecified atom stereocenters. The molecule has 0 amide bonds. The summed E-state index contributed by atoms with van der Waals surface area (Å²) in [5.41, 5.74) is 13.9. The molecule has 0 saturated carbocycles. The van der Waals surface area contributed by atoms with Crippen molar-refractivity contribution in [3.8, 4) is 11.1 Å². The third-order valence-corrected chi connectivity index (χ3v) is 18.3. The number of benzene rings is 4. The van der Waals surface area contributed by atoms with Crippen molar-refractivity contribution in [1.82, 2.24) is 0 Å². The molecule has 4 aromatic carbocycles. The van der Waals surface area contributed by atoms with Gasteiger partial charge in [0.25, 0.3) is 0 Å². The predicted molar refractivity (Wildman–Crippen MR) is 187 cm³/mol. The molecule has 0 aliphatic heterocycles. The van der Waals surface area contributed by atoms with Crippen molar-refractivity contribution in [3.63, 3.8) is 0 Å². The van der Waals surface area contributed by atoms with Gasteiger partial charge in [-0.15, -0.1) is 0 Å². The zero-order valence-corrected chi connectivity index (χ0v) is 30.3. The second-order valence-corrected chi connectivity index (χ2v) is 20.0. The zero-order chi connectivity index (χ0) is 31.1. The second kappa shape index (κ2) is 12.8. The van der Waals surface area contributed by atoms with Gasteiger partial charge in [-0.05, 0) is 0 Å². The third kappa shape index (κ3) is 5.34. The summed E-state index contributed by atoms with van der Waals surface area (Å²) in [6.45, 7) is 19.7. The molecule has 224 valence electrons. The molecule has 0 bridgehead atoms. The summed E-state index contributed by atoms with van der Waals surface area (Å²) in [4.78, 5) is 0. The quantitative estimate of drug-likeness (QED) is 0.177. The van der Waals surface area contributed by atoms with Crippen molar-refractivity contribution >= 4 is 3.21 Å². The molecule has 1 heteroatoms. The van der Waals surface area contributed by atoms with Gasteiger partial charge < -0.3 is 0 Å². The van der Waals surface area contributed by atoms with Crippen LogP contribution in [0.15, 0.2) is 129 Å². The molecule has 1 atom stereocenters. The normalized spacial score (nSPS) is 16.5. The minimum absolute atomic E-state index is 0.421. The molecule has 6 rings (SSSR count). The first-order valence-electron chi connectivity index (χ1n) is 16.7. The molecule has 2 aliphatic carbocycles. The van der Waals surface area contributed by atoms with Gasteiger partial charge in [-0.25, -0.2) is 0 Å². The summed E-state index contributed by atoms with van der Waals surface area (Å²) in [6.07, 6.45) is 0. The van der Waals surface area contributed by atoms with Crippen molar-refractivity contribution in [1.29, 1.82) is 0 Å². The average Bonchev–Trinajstić information content (AvgIpc) is 3.56. The average molecular weight is 656 g/mol. The Balaban J connectivity index is 1.84. The van der Waals surface area contributed by atoms with Crippen molar-refractivity contribution in [2.45, 2.75) is 59.0 Å². The summed E-state index contributed by atoms with van der Waals surface area (Å²) in [7, 11) is 0. The first-order valence-corrected chi connectivity index (χ1v) is 20.6. The first-order chi connectivity index (χ1) is 21.2. The molecule has 0 radical (unpaired) electrons. The maximum atomic E-state index is 2.50. The van der Waals surface area contributed by atoms with Crippen LogP contribution in [0.2, 0.25) is 0 Å². The molecule has 0 nitrogen and oxygen atoms in total. The Kier molecular flexibility index (Phi) is 9.08. The van der Waals surface area contributed by atoms with E-state index < -0.39 is 21.3 Å². The van der Waals surface area contributed by atoms with Crippen LogP contribution in [-0.4, -0.2) is 3.21 Å². The fraction of sp³-hybridized carbons (Fsp3) is 0.326. The van der Waals surface area contributed by atoms with Crippen molar-refractivity contribution < 1.29 is 21.3 Å². The number of hydrogen-bond donors (Lipinski definition) is 0. The van der Waals surface area contributed by atoms with E-state index in [1.807, 2.05) is 3.28 Å². The zero-order valence-electron chi connectivity index (χ0n) is 27.9. The van der Waals surface area contributed by atoms with Crippen LogP contribution >= 0.6 is 0 Å². The molecule has 0 N–H and O–H groups in total. The van der Waals surface area contributed by atoms with Gasteiger partial charge in [0, 0.05) is 0 Å². The Morgan fingerprint density at radius 1 is 0.500 bits per heavy atom. The van der Waals surface area contributed by atoms with E-state index in [9.17, 15) is 0 Å². The fourth-order valence-corrected chi connectivity index (χ4v) is 19.4. The molecule has 0 spiro atoms.